The Labute approximate surface area is 69.0 Å². The molecule has 0 aromatic rings. The lowest BCUT2D eigenvalue weighted by Crippen LogP contribution is -2.41. The van der Waals surface area contributed by atoms with E-state index in [4.69, 9.17) is 0 Å². The minimum absolute atomic E-state index is 0.722. The van der Waals surface area contributed by atoms with Crippen LogP contribution >= 0.6 is 0 Å². The van der Waals surface area contributed by atoms with E-state index in [9.17, 15) is 0 Å². The third kappa shape index (κ3) is 1.42. The van der Waals surface area contributed by atoms with Gasteiger partial charge in [0.25, 0.3) is 0 Å². The van der Waals surface area contributed by atoms with Crippen LogP contribution in [0, 0.1) is 0 Å². The number of hydrogen-bond donors (Lipinski definition) is 1. The molecule has 2 aliphatic rings. The topological polar surface area (TPSA) is 15.3 Å². The van der Waals surface area contributed by atoms with Crippen LogP contribution in [0.4, 0.5) is 0 Å². The van der Waals surface area contributed by atoms with Crippen molar-refractivity contribution in [3.8, 4) is 0 Å². The van der Waals surface area contributed by atoms with E-state index in [1.807, 2.05) is 0 Å². The molecular formula is C9H18N2. The smallest absolute Gasteiger partial charge is 0.0247 e. The van der Waals surface area contributed by atoms with Gasteiger partial charge in [-0.15, -0.1) is 0 Å². The van der Waals surface area contributed by atoms with Crippen LogP contribution < -0.4 is 5.32 Å². The zero-order valence-electron chi connectivity index (χ0n) is 7.34. The number of nitrogens with zero attached hydrogens (tertiary/aromatic N) is 1. The van der Waals surface area contributed by atoms with Gasteiger partial charge >= 0.3 is 0 Å². The molecule has 2 rings (SSSR count). The predicted octanol–water partition coefficient (Wildman–Crippen LogP) is 0.833. The van der Waals surface area contributed by atoms with Gasteiger partial charge in [-0.3, -0.25) is 4.90 Å². The van der Waals surface area contributed by atoms with Crippen molar-refractivity contribution in [3.05, 3.63) is 0 Å². The Morgan fingerprint density at radius 3 is 3.00 bits per heavy atom. The Balaban J connectivity index is 2.03. The summed E-state index contributed by atoms with van der Waals surface area (Å²) in [5.41, 5.74) is 0. The molecule has 11 heavy (non-hydrogen) atoms. The molecule has 0 radical (unpaired) electrons. The minimum atomic E-state index is 0.722. The third-order valence-electron chi connectivity index (χ3n) is 3.08. The van der Waals surface area contributed by atoms with Crippen LogP contribution in [-0.2, 0) is 0 Å². The van der Waals surface area contributed by atoms with Gasteiger partial charge in [0.15, 0.2) is 0 Å². The van der Waals surface area contributed by atoms with Crippen molar-refractivity contribution in [3.63, 3.8) is 0 Å². The van der Waals surface area contributed by atoms with E-state index in [1.165, 1.54) is 38.9 Å². The maximum atomic E-state index is 3.57. The summed E-state index contributed by atoms with van der Waals surface area (Å²) >= 11 is 0. The Kier molecular flexibility index (Phi) is 2.14. The van der Waals surface area contributed by atoms with Crippen molar-refractivity contribution in [2.24, 2.45) is 0 Å². The Morgan fingerprint density at radius 2 is 2.09 bits per heavy atom. The van der Waals surface area contributed by atoms with Gasteiger partial charge in [-0.2, -0.15) is 0 Å². The average molecular weight is 154 g/mol. The highest BCUT2D eigenvalue weighted by molar-refractivity contribution is 4.88. The zero-order chi connectivity index (χ0) is 7.68. The third-order valence-corrected chi connectivity index (χ3v) is 3.08. The Bertz CT molecular complexity index is 136. The molecule has 2 fully saturated rings. The SMILES string of the molecule is CC1NCCCN2CCCC12. The van der Waals surface area contributed by atoms with Gasteiger partial charge in [-0.1, -0.05) is 0 Å². The van der Waals surface area contributed by atoms with Crippen LogP contribution in [0.2, 0.25) is 0 Å². The lowest BCUT2D eigenvalue weighted by molar-refractivity contribution is 0.240. The van der Waals surface area contributed by atoms with E-state index in [0.717, 1.165) is 12.1 Å². The first-order valence-corrected chi connectivity index (χ1v) is 4.85. The normalized spacial score (nSPS) is 40.1. The molecule has 2 aliphatic heterocycles. The first-order chi connectivity index (χ1) is 5.38. The second-order valence-electron chi connectivity index (χ2n) is 3.84. The summed E-state index contributed by atoms with van der Waals surface area (Å²) in [7, 11) is 0. The Hall–Kier alpha value is -0.0800. The molecule has 2 nitrogen and oxygen atoms in total. The van der Waals surface area contributed by atoms with E-state index >= 15 is 0 Å². The highest BCUT2D eigenvalue weighted by atomic mass is 15.2. The molecular weight excluding hydrogens is 136 g/mol. The summed E-state index contributed by atoms with van der Waals surface area (Å²) in [6.07, 6.45) is 4.16. The first kappa shape index (κ1) is 7.56. The van der Waals surface area contributed by atoms with Crippen LogP contribution in [0.1, 0.15) is 26.2 Å². The van der Waals surface area contributed by atoms with E-state index in [2.05, 4.69) is 17.1 Å². The van der Waals surface area contributed by atoms with Crippen molar-refractivity contribution < 1.29 is 0 Å². The maximum Gasteiger partial charge on any atom is 0.0247 e. The van der Waals surface area contributed by atoms with Gasteiger partial charge in [0, 0.05) is 12.1 Å². The molecule has 0 amide bonds. The molecule has 0 bridgehead atoms. The summed E-state index contributed by atoms with van der Waals surface area (Å²) in [6.45, 7) is 6.21. The van der Waals surface area contributed by atoms with Crippen molar-refractivity contribution in [1.29, 1.82) is 0 Å². The van der Waals surface area contributed by atoms with Crippen LogP contribution in [0.15, 0.2) is 0 Å². The lowest BCUT2D eigenvalue weighted by Gasteiger charge is -2.25. The minimum Gasteiger partial charge on any atom is -0.313 e. The van der Waals surface area contributed by atoms with E-state index in [-0.39, 0.29) is 0 Å². The molecule has 64 valence electrons. The summed E-state index contributed by atoms with van der Waals surface area (Å²) in [5, 5.41) is 3.57. The monoisotopic (exact) mass is 154 g/mol. The number of rotatable bonds is 0. The van der Waals surface area contributed by atoms with Crippen LogP contribution in [-0.4, -0.2) is 36.6 Å². The molecule has 1 N–H and O–H groups in total. The summed E-state index contributed by atoms with van der Waals surface area (Å²) in [6, 6.07) is 1.57. The van der Waals surface area contributed by atoms with E-state index in [0.29, 0.717) is 0 Å². The number of nitrogens with one attached hydrogen (secondary N) is 1. The molecule has 2 heterocycles. The van der Waals surface area contributed by atoms with Gasteiger partial charge in [0.1, 0.15) is 0 Å². The highest BCUT2D eigenvalue weighted by Gasteiger charge is 2.29. The summed E-state index contributed by atoms with van der Waals surface area (Å²) in [5.74, 6) is 0. The van der Waals surface area contributed by atoms with Gasteiger partial charge in [-0.25, -0.2) is 0 Å². The molecule has 0 aromatic carbocycles. The van der Waals surface area contributed by atoms with Gasteiger partial charge in [0.2, 0.25) is 0 Å². The predicted molar refractivity (Wildman–Crippen MR) is 46.7 cm³/mol. The molecule has 2 saturated heterocycles. The van der Waals surface area contributed by atoms with Gasteiger partial charge < -0.3 is 5.32 Å². The fourth-order valence-electron chi connectivity index (χ4n) is 2.44. The molecule has 0 spiro atoms. The van der Waals surface area contributed by atoms with Crippen molar-refractivity contribution in [2.45, 2.75) is 38.3 Å². The fraction of sp³-hybridized carbons (Fsp3) is 1.00. The zero-order valence-corrected chi connectivity index (χ0v) is 7.34. The van der Waals surface area contributed by atoms with Crippen molar-refractivity contribution in [2.75, 3.05) is 19.6 Å². The summed E-state index contributed by atoms with van der Waals surface area (Å²) < 4.78 is 0. The largest absolute Gasteiger partial charge is 0.313 e. The van der Waals surface area contributed by atoms with E-state index < -0.39 is 0 Å². The summed E-state index contributed by atoms with van der Waals surface area (Å²) in [4.78, 5) is 2.66. The lowest BCUT2D eigenvalue weighted by atomic mass is 10.1. The van der Waals surface area contributed by atoms with Gasteiger partial charge in [0.05, 0.1) is 0 Å². The highest BCUT2D eigenvalue weighted by Crippen LogP contribution is 2.21. The molecule has 0 aliphatic carbocycles. The maximum absolute atomic E-state index is 3.57. The average Bonchev–Trinajstić information content (AvgIpc) is 2.40. The molecule has 0 saturated carbocycles. The second-order valence-corrected chi connectivity index (χ2v) is 3.84. The van der Waals surface area contributed by atoms with Crippen LogP contribution in [0.3, 0.4) is 0 Å². The molecule has 2 heteroatoms. The second kappa shape index (κ2) is 3.11. The standard InChI is InChI=1S/C9H18N2/c1-8-9-4-2-6-11(9)7-3-5-10-8/h8-10H,2-7H2,1H3. The molecule has 2 atom stereocenters. The first-order valence-electron chi connectivity index (χ1n) is 4.85. The quantitative estimate of drug-likeness (QED) is 0.556. The van der Waals surface area contributed by atoms with E-state index in [1.54, 1.807) is 0 Å². The fourth-order valence-corrected chi connectivity index (χ4v) is 2.44. The van der Waals surface area contributed by atoms with Crippen LogP contribution in [0.5, 0.6) is 0 Å². The molecule has 0 aromatic heterocycles. The number of hydrogen-bond acceptors (Lipinski definition) is 2. The van der Waals surface area contributed by atoms with Gasteiger partial charge in [-0.05, 0) is 45.8 Å². The van der Waals surface area contributed by atoms with Crippen LogP contribution in [0.25, 0.3) is 0 Å². The Morgan fingerprint density at radius 1 is 1.27 bits per heavy atom. The number of fused-ring (bicyclic) bond motifs is 1. The van der Waals surface area contributed by atoms with Crippen molar-refractivity contribution >= 4 is 0 Å². The van der Waals surface area contributed by atoms with Crippen molar-refractivity contribution in [1.82, 2.24) is 10.2 Å². The molecule has 2 unspecified atom stereocenters.